The molecule has 0 aliphatic rings. The van der Waals surface area contributed by atoms with Gasteiger partial charge < -0.3 is 10.5 Å². The van der Waals surface area contributed by atoms with Crippen LogP contribution in [0.15, 0.2) is 30.3 Å². The lowest BCUT2D eigenvalue weighted by Crippen LogP contribution is -2.10. The first-order valence-corrected chi connectivity index (χ1v) is 6.97. The van der Waals surface area contributed by atoms with Gasteiger partial charge in [0.15, 0.2) is 0 Å². The quantitative estimate of drug-likeness (QED) is 0.928. The van der Waals surface area contributed by atoms with Crippen molar-refractivity contribution in [2.75, 3.05) is 12.3 Å². The van der Waals surface area contributed by atoms with Crippen LogP contribution in [0.4, 0.5) is 5.82 Å². The van der Waals surface area contributed by atoms with E-state index in [0.717, 1.165) is 23.6 Å². The van der Waals surface area contributed by atoms with Gasteiger partial charge in [0.05, 0.1) is 18.0 Å². The molecule has 0 fully saturated rings. The summed E-state index contributed by atoms with van der Waals surface area (Å²) in [5, 5.41) is 4.59. The number of hydrogen-bond donors (Lipinski definition) is 1. The van der Waals surface area contributed by atoms with E-state index in [1.165, 1.54) is 0 Å². The fourth-order valence-corrected chi connectivity index (χ4v) is 2.13. The van der Waals surface area contributed by atoms with Gasteiger partial charge in [-0.25, -0.2) is 4.68 Å². The second-order valence-corrected chi connectivity index (χ2v) is 6.14. The van der Waals surface area contributed by atoms with Gasteiger partial charge in [0.1, 0.15) is 11.6 Å². The van der Waals surface area contributed by atoms with Crippen molar-refractivity contribution in [1.82, 2.24) is 9.78 Å². The minimum absolute atomic E-state index is 0.199. The van der Waals surface area contributed by atoms with Gasteiger partial charge in [0, 0.05) is 6.07 Å². The van der Waals surface area contributed by atoms with Crippen molar-refractivity contribution in [2.45, 2.75) is 34.1 Å². The number of hydrogen-bond acceptors (Lipinski definition) is 3. The third-order valence-corrected chi connectivity index (χ3v) is 2.89. The van der Waals surface area contributed by atoms with E-state index in [4.69, 9.17) is 10.5 Å². The van der Waals surface area contributed by atoms with E-state index in [1.54, 1.807) is 4.68 Å². The summed E-state index contributed by atoms with van der Waals surface area (Å²) in [7, 11) is 0. The lowest BCUT2D eigenvalue weighted by atomic mass is 9.91. The summed E-state index contributed by atoms with van der Waals surface area (Å²) in [6.45, 7) is 9.22. The summed E-state index contributed by atoms with van der Waals surface area (Å²) in [6, 6.07) is 9.75. The first-order valence-electron chi connectivity index (χ1n) is 6.97. The van der Waals surface area contributed by atoms with Crippen LogP contribution in [0.5, 0.6) is 5.75 Å². The maximum Gasteiger partial charge on any atom is 0.127 e. The van der Waals surface area contributed by atoms with Gasteiger partial charge in [0.2, 0.25) is 0 Å². The average Bonchev–Trinajstić information content (AvgIpc) is 2.69. The largest absolute Gasteiger partial charge is 0.494 e. The number of aromatic nitrogens is 2. The van der Waals surface area contributed by atoms with E-state index >= 15 is 0 Å². The zero-order valence-corrected chi connectivity index (χ0v) is 12.7. The van der Waals surface area contributed by atoms with Gasteiger partial charge in [-0.05, 0) is 43.0 Å². The Morgan fingerprint density at radius 2 is 1.85 bits per heavy atom. The fourth-order valence-electron chi connectivity index (χ4n) is 2.13. The molecule has 0 aliphatic carbocycles. The molecule has 0 aliphatic heterocycles. The number of nitrogen functional groups attached to an aromatic ring is 1. The Kier molecular flexibility index (Phi) is 4.02. The number of nitrogens with two attached hydrogens (primary N) is 1. The van der Waals surface area contributed by atoms with Crippen molar-refractivity contribution in [1.29, 1.82) is 0 Å². The minimum atomic E-state index is 0.199. The Balaban J connectivity index is 2.24. The topological polar surface area (TPSA) is 53.1 Å². The van der Waals surface area contributed by atoms with Crippen LogP contribution < -0.4 is 10.5 Å². The Morgan fingerprint density at radius 1 is 1.20 bits per heavy atom. The highest BCUT2D eigenvalue weighted by Crippen LogP contribution is 2.23. The van der Waals surface area contributed by atoms with Crippen molar-refractivity contribution in [2.24, 2.45) is 5.41 Å². The molecule has 20 heavy (non-hydrogen) atoms. The first kappa shape index (κ1) is 14.4. The predicted octanol–water partition coefficient (Wildman–Crippen LogP) is 3.44. The van der Waals surface area contributed by atoms with Crippen LogP contribution >= 0.6 is 0 Å². The molecule has 2 aromatic rings. The SMILES string of the molecule is CCOc1ccc(-n2nc(CC(C)(C)C)cc2N)cc1. The van der Waals surface area contributed by atoms with Gasteiger partial charge >= 0.3 is 0 Å². The zero-order chi connectivity index (χ0) is 14.8. The Labute approximate surface area is 120 Å². The Morgan fingerprint density at radius 3 is 2.40 bits per heavy atom. The number of rotatable bonds is 4. The van der Waals surface area contributed by atoms with Crippen molar-refractivity contribution < 1.29 is 4.74 Å². The third kappa shape index (κ3) is 3.53. The monoisotopic (exact) mass is 273 g/mol. The van der Waals surface area contributed by atoms with Crippen LogP contribution in [0.1, 0.15) is 33.4 Å². The van der Waals surface area contributed by atoms with Crippen molar-refractivity contribution in [3.05, 3.63) is 36.0 Å². The minimum Gasteiger partial charge on any atom is -0.494 e. The average molecular weight is 273 g/mol. The summed E-state index contributed by atoms with van der Waals surface area (Å²) in [6.07, 6.45) is 0.904. The normalized spacial score (nSPS) is 11.6. The molecule has 0 saturated heterocycles. The van der Waals surface area contributed by atoms with Gasteiger partial charge in [-0.3, -0.25) is 0 Å². The van der Waals surface area contributed by atoms with E-state index in [9.17, 15) is 0 Å². The highest BCUT2D eigenvalue weighted by Gasteiger charge is 2.15. The molecule has 0 spiro atoms. The highest BCUT2D eigenvalue weighted by molar-refractivity contribution is 5.45. The maximum atomic E-state index is 6.06. The molecule has 1 aromatic heterocycles. The molecule has 0 amide bonds. The van der Waals surface area contributed by atoms with Crippen molar-refractivity contribution >= 4 is 5.82 Å². The second kappa shape index (κ2) is 5.57. The molecular formula is C16H23N3O. The van der Waals surface area contributed by atoms with E-state index in [0.29, 0.717) is 12.4 Å². The van der Waals surface area contributed by atoms with Gasteiger partial charge in [-0.2, -0.15) is 5.10 Å². The number of anilines is 1. The third-order valence-electron chi connectivity index (χ3n) is 2.89. The summed E-state index contributed by atoms with van der Waals surface area (Å²) in [5.41, 5.74) is 8.22. The van der Waals surface area contributed by atoms with Crippen LogP contribution in [-0.4, -0.2) is 16.4 Å². The molecule has 1 heterocycles. The van der Waals surface area contributed by atoms with Gasteiger partial charge in [-0.15, -0.1) is 0 Å². The van der Waals surface area contributed by atoms with Crippen molar-refractivity contribution in [3.8, 4) is 11.4 Å². The van der Waals surface area contributed by atoms with Gasteiger partial charge in [0.25, 0.3) is 0 Å². The molecule has 4 nitrogen and oxygen atoms in total. The lowest BCUT2D eigenvalue weighted by Gasteiger charge is -2.15. The Bertz CT molecular complexity index is 564. The Hall–Kier alpha value is -1.97. The van der Waals surface area contributed by atoms with E-state index < -0.39 is 0 Å². The molecule has 108 valence electrons. The molecule has 4 heteroatoms. The van der Waals surface area contributed by atoms with Crippen LogP contribution in [0.3, 0.4) is 0 Å². The molecule has 2 rings (SSSR count). The fraction of sp³-hybridized carbons (Fsp3) is 0.438. The van der Waals surface area contributed by atoms with Gasteiger partial charge in [-0.1, -0.05) is 20.8 Å². The standard InChI is InChI=1S/C16H23N3O/c1-5-20-14-8-6-13(7-9-14)19-15(17)10-12(18-19)11-16(2,3)4/h6-10H,5,11,17H2,1-4H3. The highest BCUT2D eigenvalue weighted by atomic mass is 16.5. The number of ether oxygens (including phenoxy) is 1. The lowest BCUT2D eigenvalue weighted by molar-refractivity contribution is 0.340. The zero-order valence-electron chi connectivity index (χ0n) is 12.7. The predicted molar refractivity (Wildman–Crippen MR) is 82.3 cm³/mol. The molecule has 2 N–H and O–H groups in total. The summed E-state index contributed by atoms with van der Waals surface area (Å²) in [5.74, 6) is 1.52. The van der Waals surface area contributed by atoms with Crippen LogP contribution in [0, 0.1) is 5.41 Å². The first-order chi connectivity index (χ1) is 9.39. The number of nitrogens with zero attached hydrogens (tertiary/aromatic N) is 2. The smallest absolute Gasteiger partial charge is 0.127 e. The summed E-state index contributed by atoms with van der Waals surface area (Å²) >= 11 is 0. The summed E-state index contributed by atoms with van der Waals surface area (Å²) < 4.78 is 7.21. The molecule has 0 unspecified atom stereocenters. The van der Waals surface area contributed by atoms with E-state index in [1.807, 2.05) is 37.3 Å². The molecule has 0 saturated carbocycles. The molecule has 0 bridgehead atoms. The van der Waals surface area contributed by atoms with Crippen molar-refractivity contribution in [3.63, 3.8) is 0 Å². The van der Waals surface area contributed by atoms with Crippen LogP contribution in [-0.2, 0) is 6.42 Å². The second-order valence-electron chi connectivity index (χ2n) is 6.14. The van der Waals surface area contributed by atoms with E-state index in [-0.39, 0.29) is 5.41 Å². The van der Waals surface area contributed by atoms with Crippen LogP contribution in [0.25, 0.3) is 5.69 Å². The van der Waals surface area contributed by atoms with Crippen LogP contribution in [0.2, 0.25) is 0 Å². The number of benzene rings is 1. The molecule has 0 radical (unpaired) electrons. The molecule has 0 atom stereocenters. The van der Waals surface area contributed by atoms with E-state index in [2.05, 4.69) is 25.9 Å². The maximum absolute atomic E-state index is 6.06. The summed E-state index contributed by atoms with van der Waals surface area (Å²) in [4.78, 5) is 0. The molecule has 1 aromatic carbocycles. The molecular weight excluding hydrogens is 250 g/mol.